The maximum absolute atomic E-state index is 13.3. The second-order valence-corrected chi connectivity index (χ2v) is 8.67. The van der Waals surface area contributed by atoms with Crippen LogP contribution in [0.15, 0.2) is 35.3 Å². The van der Waals surface area contributed by atoms with Crippen molar-refractivity contribution in [2.45, 2.75) is 12.8 Å². The SMILES string of the molecule is CS(=O)(=O)N1CCN(c2nc(CCCO)cn(-c3ccc(F)cc3)c2=O)CC1. The van der Waals surface area contributed by atoms with Gasteiger partial charge in [0.15, 0.2) is 5.82 Å². The molecule has 2 heterocycles. The molecule has 0 aliphatic carbocycles. The molecule has 8 nitrogen and oxygen atoms in total. The number of anilines is 1. The lowest BCUT2D eigenvalue weighted by Gasteiger charge is -2.33. The number of rotatable bonds is 6. The molecule has 1 aliphatic rings. The van der Waals surface area contributed by atoms with Crippen molar-refractivity contribution in [2.75, 3.05) is 43.9 Å². The highest BCUT2D eigenvalue weighted by atomic mass is 32.2. The highest BCUT2D eigenvalue weighted by molar-refractivity contribution is 7.88. The van der Waals surface area contributed by atoms with Crippen molar-refractivity contribution in [3.63, 3.8) is 0 Å². The Labute approximate surface area is 162 Å². The molecule has 1 aromatic heterocycles. The summed E-state index contributed by atoms with van der Waals surface area (Å²) in [5.74, 6) is -0.170. The molecular formula is C18H23FN4O4S. The molecule has 0 saturated carbocycles. The molecule has 1 aliphatic heterocycles. The predicted octanol–water partition coefficient (Wildman–Crippen LogP) is 0.378. The first-order valence-electron chi connectivity index (χ1n) is 8.99. The number of aliphatic hydroxyl groups excluding tert-OH is 1. The van der Waals surface area contributed by atoms with Crippen LogP contribution in [0.2, 0.25) is 0 Å². The van der Waals surface area contributed by atoms with E-state index >= 15 is 0 Å². The van der Waals surface area contributed by atoms with Crippen LogP contribution in [0.25, 0.3) is 5.69 Å². The van der Waals surface area contributed by atoms with Gasteiger partial charge in [0.1, 0.15) is 5.82 Å². The van der Waals surface area contributed by atoms with Gasteiger partial charge in [0.2, 0.25) is 10.0 Å². The quantitative estimate of drug-likeness (QED) is 0.740. The highest BCUT2D eigenvalue weighted by Crippen LogP contribution is 2.15. The Balaban J connectivity index is 1.97. The normalized spacial score (nSPS) is 15.8. The van der Waals surface area contributed by atoms with Crippen molar-refractivity contribution in [1.82, 2.24) is 13.9 Å². The van der Waals surface area contributed by atoms with Crippen LogP contribution >= 0.6 is 0 Å². The fraction of sp³-hybridized carbons (Fsp3) is 0.444. The molecular weight excluding hydrogens is 387 g/mol. The third kappa shape index (κ3) is 4.57. The van der Waals surface area contributed by atoms with E-state index in [0.29, 0.717) is 37.3 Å². The average Bonchev–Trinajstić information content (AvgIpc) is 2.67. The van der Waals surface area contributed by atoms with Crippen LogP contribution in [0, 0.1) is 5.82 Å². The van der Waals surface area contributed by atoms with Crippen molar-refractivity contribution in [3.8, 4) is 5.69 Å². The van der Waals surface area contributed by atoms with E-state index in [1.165, 1.54) is 33.1 Å². The van der Waals surface area contributed by atoms with Crippen LogP contribution in [0.4, 0.5) is 10.2 Å². The van der Waals surface area contributed by atoms with Crippen molar-refractivity contribution in [1.29, 1.82) is 0 Å². The first-order chi connectivity index (χ1) is 13.3. The van der Waals surface area contributed by atoms with Gasteiger partial charge in [0.25, 0.3) is 5.56 Å². The number of benzene rings is 1. The molecule has 0 radical (unpaired) electrons. The molecule has 10 heteroatoms. The van der Waals surface area contributed by atoms with Crippen LogP contribution in [-0.2, 0) is 16.4 Å². The Morgan fingerprint density at radius 1 is 1.14 bits per heavy atom. The zero-order chi connectivity index (χ0) is 20.3. The molecule has 152 valence electrons. The number of sulfonamides is 1. The van der Waals surface area contributed by atoms with Gasteiger partial charge < -0.3 is 10.0 Å². The minimum absolute atomic E-state index is 0.000276. The second kappa shape index (κ2) is 8.38. The fourth-order valence-electron chi connectivity index (χ4n) is 3.14. The number of piperazine rings is 1. The van der Waals surface area contributed by atoms with Crippen molar-refractivity contribution in [3.05, 3.63) is 52.3 Å². The van der Waals surface area contributed by atoms with Gasteiger partial charge in [-0.1, -0.05) is 0 Å². The highest BCUT2D eigenvalue weighted by Gasteiger charge is 2.26. The van der Waals surface area contributed by atoms with Gasteiger partial charge >= 0.3 is 0 Å². The van der Waals surface area contributed by atoms with Gasteiger partial charge in [-0.15, -0.1) is 0 Å². The lowest BCUT2D eigenvalue weighted by atomic mass is 10.2. The molecule has 0 atom stereocenters. The summed E-state index contributed by atoms with van der Waals surface area (Å²) >= 11 is 0. The molecule has 1 saturated heterocycles. The Hall–Kier alpha value is -2.30. The zero-order valence-corrected chi connectivity index (χ0v) is 16.4. The van der Waals surface area contributed by atoms with E-state index < -0.39 is 15.8 Å². The second-order valence-electron chi connectivity index (χ2n) is 6.68. The van der Waals surface area contributed by atoms with Crippen LogP contribution in [-0.4, -0.2) is 66.4 Å². The maximum Gasteiger partial charge on any atom is 0.298 e. The summed E-state index contributed by atoms with van der Waals surface area (Å²) in [7, 11) is -3.28. The third-order valence-electron chi connectivity index (χ3n) is 4.64. The summed E-state index contributed by atoms with van der Waals surface area (Å²) in [6, 6.07) is 5.58. The number of hydrogen-bond donors (Lipinski definition) is 1. The van der Waals surface area contributed by atoms with Crippen LogP contribution in [0.5, 0.6) is 0 Å². The van der Waals surface area contributed by atoms with Crippen molar-refractivity contribution < 1.29 is 17.9 Å². The number of aromatic nitrogens is 2. The number of aliphatic hydroxyl groups is 1. The molecule has 1 N–H and O–H groups in total. The van der Waals surface area contributed by atoms with Gasteiger partial charge in [0, 0.05) is 44.7 Å². The summed E-state index contributed by atoms with van der Waals surface area (Å²) in [5, 5.41) is 9.11. The summed E-state index contributed by atoms with van der Waals surface area (Å²) in [5.41, 5.74) is 0.778. The van der Waals surface area contributed by atoms with E-state index in [1.807, 2.05) is 0 Å². The standard InChI is InChI=1S/C18H23FN4O4S/c1-28(26,27)22-10-8-21(9-11-22)17-18(25)23(13-15(20-17)3-2-12-24)16-6-4-14(19)5-7-16/h4-7,13,24H,2-3,8-12H2,1H3. The summed E-state index contributed by atoms with van der Waals surface area (Å²) in [6.45, 7) is 1.25. The smallest absolute Gasteiger partial charge is 0.298 e. The van der Waals surface area contributed by atoms with Gasteiger partial charge in [0.05, 0.1) is 11.9 Å². The van der Waals surface area contributed by atoms with E-state index in [1.54, 1.807) is 11.1 Å². The first kappa shape index (κ1) is 20.4. The largest absolute Gasteiger partial charge is 0.396 e. The third-order valence-corrected chi connectivity index (χ3v) is 5.94. The minimum Gasteiger partial charge on any atom is -0.396 e. The zero-order valence-electron chi connectivity index (χ0n) is 15.6. The first-order valence-corrected chi connectivity index (χ1v) is 10.8. The Morgan fingerprint density at radius 3 is 2.36 bits per heavy atom. The number of aryl methyl sites for hydroxylation is 1. The Kier molecular flexibility index (Phi) is 6.11. The van der Waals surface area contributed by atoms with E-state index in [2.05, 4.69) is 4.98 Å². The van der Waals surface area contributed by atoms with Gasteiger partial charge in [-0.3, -0.25) is 9.36 Å². The fourth-order valence-corrected chi connectivity index (χ4v) is 3.97. The molecule has 3 rings (SSSR count). The summed E-state index contributed by atoms with van der Waals surface area (Å²) in [6.07, 6.45) is 3.74. The van der Waals surface area contributed by atoms with Crippen molar-refractivity contribution >= 4 is 15.8 Å². The van der Waals surface area contributed by atoms with E-state index in [4.69, 9.17) is 5.11 Å². The molecule has 1 aromatic carbocycles. The molecule has 28 heavy (non-hydrogen) atoms. The molecule has 2 aromatic rings. The van der Waals surface area contributed by atoms with Crippen molar-refractivity contribution in [2.24, 2.45) is 0 Å². The van der Waals surface area contributed by atoms with Crippen LogP contribution < -0.4 is 10.5 Å². The van der Waals surface area contributed by atoms with E-state index in [9.17, 15) is 17.6 Å². The number of nitrogens with zero attached hydrogens (tertiary/aromatic N) is 4. The average molecular weight is 410 g/mol. The summed E-state index contributed by atoms with van der Waals surface area (Å²) in [4.78, 5) is 19.3. The monoisotopic (exact) mass is 410 g/mol. The molecule has 0 bridgehead atoms. The Bertz CT molecular complexity index is 984. The lowest BCUT2D eigenvalue weighted by molar-refractivity contribution is 0.288. The molecule has 0 unspecified atom stereocenters. The molecule has 1 fully saturated rings. The number of hydrogen-bond acceptors (Lipinski definition) is 6. The Morgan fingerprint density at radius 2 is 1.79 bits per heavy atom. The van der Waals surface area contributed by atoms with Gasteiger partial charge in [-0.05, 0) is 37.1 Å². The van der Waals surface area contributed by atoms with Gasteiger partial charge in [-0.25, -0.2) is 17.8 Å². The van der Waals surface area contributed by atoms with Gasteiger partial charge in [-0.2, -0.15) is 4.31 Å². The predicted molar refractivity (Wildman–Crippen MR) is 104 cm³/mol. The topological polar surface area (TPSA) is 95.7 Å². The molecule has 0 spiro atoms. The molecule has 0 amide bonds. The van der Waals surface area contributed by atoms with E-state index in [-0.39, 0.29) is 31.1 Å². The maximum atomic E-state index is 13.3. The van der Waals surface area contributed by atoms with Crippen LogP contribution in [0.1, 0.15) is 12.1 Å². The summed E-state index contributed by atoms with van der Waals surface area (Å²) < 4.78 is 39.5. The minimum atomic E-state index is -3.28. The number of halogens is 1. The lowest BCUT2D eigenvalue weighted by Crippen LogP contribution is -2.50. The van der Waals surface area contributed by atoms with Crippen LogP contribution in [0.3, 0.4) is 0 Å². The van der Waals surface area contributed by atoms with E-state index in [0.717, 1.165) is 6.26 Å².